The molecule has 0 saturated carbocycles. The van der Waals surface area contributed by atoms with Gasteiger partial charge in [0.25, 0.3) is 5.91 Å². The average Bonchev–Trinajstić information content (AvgIpc) is 2.30. The van der Waals surface area contributed by atoms with E-state index in [4.69, 9.17) is 5.73 Å². The van der Waals surface area contributed by atoms with Gasteiger partial charge in [-0.15, -0.1) is 0 Å². The summed E-state index contributed by atoms with van der Waals surface area (Å²) < 4.78 is 0. The van der Waals surface area contributed by atoms with Crippen molar-refractivity contribution in [3.8, 4) is 0 Å². The summed E-state index contributed by atoms with van der Waals surface area (Å²) in [6.45, 7) is 3.44. The van der Waals surface area contributed by atoms with Crippen LogP contribution in [-0.2, 0) is 4.79 Å². The Bertz CT molecular complexity index is 441. The first kappa shape index (κ1) is 13.2. The third kappa shape index (κ3) is 3.29. The van der Waals surface area contributed by atoms with Crippen molar-refractivity contribution in [1.29, 1.82) is 0 Å². The molecule has 0 unspecified atom stereocenters. The predicted molar refractivity (Wildman–Crippen MR) is 66.8 cm³/mol. The van der Waals surface area contributed by atoms with Crippen LogP contribution in [0.1, 0.15) is 22.8 Å². The Balaban J connectivity index is 2.90. The first-order chi connectivity index (χ1) is 7.95. The number of benzene rings is 1. The van der Waals surface area contributed by atoms with Crippen LogP contribution in [0.4, 0.5) is 5.69 Å². The molecule has 0 spiro atoms. The number of rotatable bonds is 3. The van der Waals surface area contributed by atoms with Gasteiger partial charge in [-0.2, -0.15) is 0 Å². The van der Waals surface area contributed by atoms with E-state index in [0.717, 1.165) is 5.56 Å². The van der Waals surface area contributed by atoms with E-state index in [2.05, 4.69) is 10.6 Å². The van der Waals surface area contributed by atoms with Crippen molar-refractivity contribution in [3.05, 3.63) is 29.3 Å². The molecule has 1 aromatic carbocycles. The second-order valence-corrected chi connectivity index (χ2v) is 3.89. The lowest BCUT2D eigenvalue weighted by Crippen LogP contribution is -2.32. The normalized spacial score (nSPS) is 11.8. The highest BCUT2D eigenvalue weighted by molar-refractivity contribution is 5.97. The van der Waals surface area contributed by atoms with Crippen LogP contribution < -0.4 is 16.4 Å². The van der Waals surface area contributed by atoms with Crippen LogP contribution in [0.2, 0.25) is 0 Å². The zero-order valence-corrected chi connectivity index (χ0v) is 10.2. The van der Waals surface area contributed by atoms with Gasteiger partial charge in [0.05, 0.1) is 6.04 Å². The third-order valence-electron chi connectivity index (χ3n) is 2.39. The van der Waals surface area contributed by atoms with E-state index >= 15 is 0 Å². The van der Waals surface area contributed by atoms with Gasteiger partial charge in [0.2, 0.25) is 5.91 Å². The van der Waals surface area contributed by atoms with Crippen LogP contribution in [0.25, 0.3) is 0 Å². The number of nitrogens with two attached hydrogens (primary N) is 1. The Kier molecular flexibility index (Phi) is 4.23. The second-order valence-electron chi connectivity index (χ2n) is 3.89. The minimum atomic E-state index is -0.562. The summed E-state index contributed by atoms with van der Waals surface area (Å²) in [4.78, 5) is 22.8. The summed E-state index contributed by atoms with van der Waals surface area (Å²) >= 11 is 0. The molecular weight excluding hydrogens is 218 g/mol. The van der Waals surface area contributed by atoms with Gasteiger partial charge in [0.15, 0.2) is 0 Å². The number of hydrogen-bond acceptors (Lipinski definition) is 3. The highest BCUT2D eigenvalue weighted by atomic mass is 16.2. The second kappa shape index (κ2) is 5.45. The average molecular weight is 235 g/mol. The molecule has 0 heterocycles. The minimum Gasteiger partial charge on any atom is -0.355 e. The monoisotopic (exact) mass is 235 g/mol. The zero-order valence-electron chi connectivity index (χ0n) is 10.2. The zero-order chi connectivity index (χ0) is 13.0. The number of hydrogen-bond donors (Lipinski definition) is 3. The number of amides is 2. The fourth-order valence-corrected chi connectivity index (χ4v) is 1.34. The minimum absolute atomic E-state index is 0.154. The fourth-order valence-electron chi connectivity index (χ4n) is 1.34. The summed E-state index contributed by atoms with van der Waals surface area (Å²) in [5, 5.41) is 5.24. The Morgan fingerprint density at radius 1 is 1.35 bits per heavy atom. The molecule has 2 amide bonds. The van der Waals surface area contributed by atoms with Crippen molar-refractivity contribution >= 4 is 17.5 Å². The van der Waals surface area contributed by atoms with Crippen molar-refractivity contribution in [1.82, 2.24) is 5.32 Å². The SMILES string of the molecule is CNC(=O)c1ccc(NC(=O)[C@@H](C)N)c(C)c1. The van der Waals surface area contributed by atoms with Gasteiger partial charge in [-0.1, -0.05) is 0 Å². The van der Waals surface area contributed by atoms with Crippen molar-refractivity contribution in [3.63, 3.8) is 0 Å². The van der Waals surface area contributed by atoms with Gasteiger partial charge in [-0.05, 0) is 37.6 Å². The first-order valence-corrected chi connectivity index (χ1v) is 5.35. The van der Waals surface area contributed by atoms with E-state index in [1.54, 1.807) is 32.2 Å². The third-order valence-corrected chi connectivity index (χ3v) is 2.39. The Morgan fingerprint density at radius 3 is 2.47 bits per heavy atom. The maximum atomic E-state index is 11.4. The molecule has 5 heteroatoms. The summed E-state index contributed by atoms with van der Waals surface area (Å²) in [5.41, 5.74) is 7.50. The van der Waals surface area contributed by atoms with E-state index in [0.29, 0.717) is 11.3 Å². The van der Waals surface area contributed by atoms with Gasteiger partial charge >= 0.3 is 0 Å². The number of carbonyl (C=O) groups excluding carboxylic acids is 2. The predicted octanol–water partition coefficient (Wildman–Crippen LogP) is 0.640. The van der Waals surface area contributed by atoms with Crippen LogP contribution in [0.5, 0.6) is 0 Å². The van der Waals surface area contributed by atoms with E-state index in [1.807, 2.05) is 6.92 Å². The molecule has 0 aliphatic rings. The molecule has 1 aromatic rings. The van der Waals surface area contributed by atoms with Crippen molar-refractivity contribution in [2.75, 3.05) is 12.4 Å². The van der Waals surface area contributed by atoms with Crippen LogP contribution in [-0.4, -0.2) is 24.9 Å². The van der Waals surface area contributed by atoms with Crippen LogP contribution in [0.3, 0.4) is 0 Å². The summed E-state index contributed by atoms with van der Waals surface area (Å²) in [5.74, 6) is -0.404. The summed E-state index contributed by atoms with van der Waals surface area (Å²) in [7, 11) is 1.57. The lowest BCUT2D eigenvalue weighted by atomic mass is 10.1. The summed E-state index contributed by atoms with van der Waals surface area (Å²) in [6.07, 6.45) is 0. The molecule has 0 radical (unpaired) electrons. The molecule has 0 bridgehead atoms. The molecule has 5 nitrogen and oxygen atoms in total. The first-order valence-electron chi connectivity index (χ1n) is 5.35. The molecule has 92 valence electrons. The molecule has 0 fully saturated rings. The maximum absolute atomic E-state index is 11.4. The van der Waals surface area contributed by atoms with E-state index in [-0.39, 0.29) is 11.8 Å². The number of nitrogens with one attached hydrogen (secondary N) is 2. The van der Waals surface area contributed by atoms with Crippen molar-refractivity contribution in [2.24, 2.45) is 5.73 Å². The van der Waals surface area contributed by atoms with Gasteiger partial charge in [-0.3, -0.25) is 9.59 Å². The maximum Gasteiger partial charge on any atom is 0.251 e. The lowest BCUT2D eigenvalue weighted by molar-refractivity contribution is -0.117. The molecule has 0 saturated heterocycles. The number of aryl methyl sites for hydroxylation is 1. The highest BCUT2D eigenvalue weighted by Crippen LogP contribution is 2.16. The molecule has 0 aliphatic carbocycles. The van der Waals surface area contributed by atoms with Gasteiger partial charge in [0.1, 0.15) is 0 Å². The largest absolute Gasteiger partial charge is 0.355 e. The van der Waals surface area contributed by atoms with E-state index in [1.165, 1.54) is 0 Å². The molecule has 0 aromatic heterocycles. The molecule has 1 atom stereocenters. The highest BCUT2D eigenvalue weighted by Gasteiger charge is 2.10. The van der Waals surface area contributed by atoms with Crippen LogP contribution >= 0.6 is 0 Å². The van der Waals surface area contributed by atoms with Crippen molar-refractivity contribution < 1.29 is 9.59 Å². The smallest absolute Gasteiger partial charge is 0.251 e. The molecule has 1 rings (SSSR count). The van der Waals surface area contributed by atoms with E-state index < -0.39 is 6.04 Å². The molecule has 17 heavy (non-hydrogen) atoms. The summed E-state index contributed by atoms with van der Waals surface area (Å²) in [6, 6.07) is 4.51. The van der Waals surface area contributed by atoms with Crippen LogP contribution in [0.15, 0.2) is 18.2 Å². The van der Waals surface area contributed by atoms with Gasteiger partial charge < -0.3 is 16.4 Å². The fraction of sp³-hybridized carbons (Fsp3) is 0.333. The Hall–Kier alpha value is -1.88. The molecule has 0 aliphatic heterocycles. The Morgan fingerprint density at radius 2 is 2.00 bits per heavy atom. The van der Waals surface area contributed by atoms with E-state index in [9.17, 15) is 9.59 Å². The topological polar surface area (TPSA) is 84.2 Å². The molecule has 4 N–H and O–H groups in total. The molecular formula is C12H17N3O2. The van der Waals surface area contributed by atoms with Gasteiger partial charge in [-0.25, -0.2) is 0 Å². The van der Waals surface area contributed by atoms with Crippen LogP contribution in [0, 0.1) is 6.92 Å². The van der Waals surface area contributed by atoms with Gasteiger partial charge in [0, 0.05) is 18.3 Å². The number of carbonyl (C=O) groups is 2. The lowest BCUT2D eigenvalue weighted by Gasteiger charge is -2.11. The number of anilines is 1. The van der Waals surface area contributed by atoms with Crippen molar-refractivity contribution in [2.45, 2.75) is 19.9 Å². The quantitative estimate of drug-likeness (QED) is 0.718. The standard InChI is InChI=1S/C12H17N3O2/c1-7-6-9(12(17)14-3)4-5-10(7)15-11(16)8(2)13/h4-6,8H,13H2,1-3H3,(H,14,17)(H,15,16)/t8-/m1/s1. The Labute approximate surface area is 100 Å².